The molecule has 2 aromatic carbocycles. The molecule has 0 aliphatic heterocycles. The summed E-state index contributed by atoms with van der Waals surface area (Å²) in [6.07, 6.45) is 8.00. The van der Waals surface area contributed by atoms with E-state index in [9.17, 15) is 9.18 Å². The van der Waals surface area contributed by atoms with Gasteiger partial charge in [-0.25, -0.2) is 9.37 Å². The first-order valence-corrected chi connectivity index (χ1v) is 10.9. The first kappa shape index (κ1) is 20.2. The Morgan fingerprint density at radius 3 is 2.59 bits per heavy atom. The summed E-state index contributed by atoms with van der Waals surface area (Å²) in [4.78, 5) is 17.3. The third kappa shape index (κ3) is 3.96. The molecule has 5 nitrogen and oxygen atoms in total. The number of amides is 1. The van der Waals surface area contributed by atoms with E-state index in [0.717, 1.165) is 40.9 Å². The number of hydrogen-bond donors (Lipinski definition) is 1. The number of halogens is 1. The first-order valence-electron chi connectivity index (χ1n) is 10.9. The first-order chi connectivity index (χ1) is 15.6. The minimum Gasteiger partial charge on any atom is -0.459 e. The van der Waals surface area contributed by atoms with E-state index in [4.69, 9.17) is 9.40 Å². The second-order valence-corrected chi connectivity index (χ2v) is 8.31. The number of benzene rings is 2. The van der Waals surface area contributed by atoms with Gasteiger partial charge < -0.3 is 14.3 Å². The molecule has 32 heavy (non-hydrogen) atoms. The zero-order valence-corrected chi connectivity index (χ0v) is 17.8. The smallest absolute Gasteiger partial charge is 0.291 e. The van der Waals surface area contributed by atoms with Gasteiger partial charge in [-0.2, -0.15) is 0 Å². The van der Waals surface area contributed by atoms with Crippen molar-refractivity contribution in [2.75, 3.05) is 5.32 Å². The summed E-state index contributed by atoms with van der Waals surface area (Å²) in [6, 6.07) is 16.1. The standard InChI is InChI=1S/C26H24FN3O2/c1-17-13-19(15-21(14-17)29-26(31)23-7-4-12-32-23)25-24(18-8-10-20(27)11-9-18)28-16-30(25)22-5-2-3-6-22/h4,7-16,22H,2-3,5-6H2,1H3,(H,29,31). The highest BCUT2D eigenvalue weighted by atomic mass is 19.1. The fraction of sp³-hybridized carbons (Fsp3) is 0.231. The number of carbonyl (C=O) groups is 1. The van der Waals surface area contributed by atoms with E-state index in [1.165, 1.54) is 31.2 Å². The Morgan fingerprint density at radius 2 is 1.88 bits per heavy atom. The lowest BCUT2D eigenvalue weighted by molar-refractivity contribution is 0.0996. The van der Waals surface area contributed by atoms with Gasteiger partial charge in [0, 0.05) is 22.9 Å². The SMILES string of the molecule is Cc1cc(NC(=O)c2ccco2)cc(-c2c(-c3ccc(F)cc3)ncn2C2CCCC2)c1. The summed E-state index contributed by atoms with van der Waals surface area (Å²) in [6.45, 7) is 2.00. The van der Waals surface area contributed by atoms with Crippen molar-refractivity contribution in [1.29, 1.82) is 0 Å². The third-order valence-corrected chi connectivity index (χ3v) is 5.98. The molecule has 5 rings (SSSR count). The van der Waals surface area contributed by atoms with Gasteiger partial charge in [-0.05, 0) is 79.9 Å². The van der Waals surface area contributed by atoms with Crippen molar-refractivity contribution in [3.05, 3.63) is 84.3 Å². The lowest BCUT2D eigenvalue weighted by Crippen LogP contribution is -2.11. The van der Waals surface area contributed by atoms with Gasteiger partial charge in [-0.3, -0.25) is 4.79 Å². The Labute approximate surface area is 185 Å². The molecule has 0 radical (unpaired) electrons. The second kappa shape index (κ2) is 8.46. The van der Waals surface area contributed by atoms with E-state index >= 15 is 0 Å². The Hall–Kier alpha value is -3.67. The molecule has 1 aliphatic carbocycles. The van der Waals surface area contributed by atoms with E-state index in [0.29, 0.717) is 11.7 Å². The van der Waals surface area contributed by atoms with Gasteiger partial charge in [0.2, 0.25) is 0 Å². The van der Waals surface area contributed by atoms with Gasteiger partial charge in [0.25, 0.3) is 5.91 Å². The molecule has 1 amide bonds. The van der Waals surface area contributed by atoms with Crippen molar-refractivity contribution < 1.29 is 13.6 Å². The molecule has 4 aromatic rings. The largest absolute Gasteiger partial charge is 0.459 e. The fourth-order valence-corrected chi connectivity index (χ4v) is 4.52. The van der Waals surface area contributed by atoms with Crippen molar-refractivity contribution in [2.45, 2.75) is 38.6 Å². The minimum atomic E-state index is -0.297. The number of rotatable bonds is 5. The van der Waals surface area contributed by atoms with Gasteiger partial charge >= 0.3 is 0 Å². The van der Waals surface area contributed by atoms with Crippen molar-refractivity contribution in [1.82, 2.24) is 9.55 Å². The van der Waals surface area contributed by atoms with Gasteiger partial charge in [0.15, 0.2) is 5.76 Å². The van der Waals surface area contributed by atoms with Crippen molar-refractivity contribution >= 4 is 11.6 Å². The highest BCUT2D eigenvalue weighted by molar-refractivity contribution is 6.02. The number of hydrogen-bond acceptors (Lipinski definition) is 3. The van der Waals surface area contributed by atoms with Crippen LogP contribution in [0.4, 0.5) is 10.1 Å². The summed E-state index contributed by atoms with van der Waals surface area (Å²) in [7, 11) is 0. The van der Waals surface area contributed by atoms with E-state index in [-0.39, 0.29) is 17.5 Å². The molecule has 0 atom stereocenters. The van der Waals surface area contributed by atoms with Crippen LogP contribution in [0.3, 0.4) is 0 Å². The molecule has 1 N–H and O–H groups in total. The maximum Gasteiger partial charge on any atom is 0.291 e. The van der Waals surface area contributed by atoms with Crippen LogP contribution < -0.4 is 5.32 Å². The average Bonchev–Trinajstić information content (AvgIpc) is 3.55. The van der Waals surface area contributed by atoms with Crippen LogP contribution in [0.1, 0.15) is 47.8 Å². The number of carbonyl (C=O) groups excluding carboxylic acids is 1. The highest BCUT2D eigenvalue weighted by Crippen LogP contribution is 2.39. The Morgan fingerprint density at radius 1 is 1.09 bits per heavy atom. The predicted octanol–water partition coefficient (Wildman–Crippen LogP) is 6.63. The van der Waals surface area contributed by atoms with Crippen LogP contribution in [0.2, 0.25) is 0 Å². The average molecular weight is 429 g/mol. The van der Waals surface area contributed by atoms with E-state index in [1.807, 2.05) is 25.4 Å². The zero-order valence-electron chi connectivity index (χ0n) is 17.8. The molecule has 0 saturated heterocycles. The Kier molecular flexibility index (Phi) is 5.35. The van der Waals surface area contributed by atoms with Crippen LogP contribution in [0.25, 0.3) is 22.5 Å². The van der Waals surface area contributed by atoms with Crippen LogP contribution in [0.15, 0.2) is 71.6 Å². The lowest BCUT2D eigenvalue weighted by atomic mass is 10.0. The molecule has 2 heterocycles. The molecule has 1 aliphatic rings. The van der Waals surface area contributed by atoms with E-state index in [1.54, 1.807) is 24.3 Å². The summed E-state index contributed by atoms with van der Waals surface area (Å²) in [5, 5.41) is 2.93. The van der Waals surface area contributed by atoms with Crippen molar-refractivity contribution in [2.24, 2.45) is 0 Å². The van der Waals surface area contributed by atoms with Gasteiger partial charge in [-0.15, -0.1) is 0 Å². The van der Waals surface area contributed by atoms with Crippen LogP contribution in [0, 0.1) is 12.7 Å². The van der Waals surface area contributed by atoms with Gasteiger partial charge in [0.05, 0.1) is 24.0 Å². The lowest BCUT2D eigenvalue weighted by Gasteiger charge is -2.18. The number of nitrogens with one attached hydrogen (secondary N) is 1. The Balaban J connectivity index is 1.59. The number of furan rings is 1. The number of imidazole rings is 1. The Bertz CT molecular complexity index is 1240. The van der Waals surface area contributed by atoms with Gasteiger partial charge in [-0.1, -0.05) is 12.8 Å². The maximum absolute atomic E-state index is 13.5. The van der Waals surface area contributed by atoms with Crippen molar-refractivity contribution in [3.63, 3.8) is 0 Å². The normalized spacial score (nSPS) is 14.1. The second-order valence-electron chi connectivity index (χ2n) is 8.31. The molecule has 6 heteroatoms. The fourth-order valence-electron chi connectivity index (χ4n) is 4.52. The molecule has 1 fully saturated rings. The van der Waals surface area contributed by atoms with E-state index < -0.39 is 0 Å². The molecule has 0 unspecified atom stereocenters. The van der Waals surface area contributed by atoms with Crippen LogP contribution in [0.5, 0.6) is 0 Å². The van der Waals surface area contributed by atoms with Crippen LogP contribution in [-0.4, -0.2) is 15.5 Å². The summed E-state index contributed by atoms with van der Waals surface area (Å²) in [5.41, 5.74) is 5.32. The predicted molar refractivity (Wildman–Crippen MR) is 122 cm³/mol. The van der Waals surface area contributed by atoms with Gasteiger partial charge in [0.1, 0.15) is 5.82 Å². The number of nitrogens with zero attached hydrogens (tertiary/aromatic N) is 2. The van der Waals surface area contributed by atoms with E-state index in [2.05, 4.69) is 16.0 Å². The highest BCUT2D eigenvalue weighted by Gasteiger charge is 2.24. The summed E-state index contributed by atoms with van der Waals surface area (Å²) < 4.78 is 21.0. The third-order valence-electron chi connectivity index (χ3n) is 5.98. The minimum absolute atomic E-state index is 0.260. The topological polar surface area (TPSA) is 60.1 Å². The van der Waals surface area contributed by atoms with Crippen LogP contribution >= 0.6 is 0 Å². The molecule has 162 valence electrons. The molecular weight excluding hydrogens is 405 g/mol. The number of aryl methyl sites for hydroxylation is 1. The number of anilines is 1. The van der Waals surface area contributed by atoms with Crippen LogP contribution in [-0.2, 0) is 0 Å². The number of aromatic nitrogens is 2. The monoisotopic (exact) mass is 429 g/mol. The molecular formula is C26H24FN3O2. The quantitative estimate of drug-likeness (QED) is 0.388. The zero-order chi connectivity index (χ0) is 22.1. The maximum atomic E-state index is 13.5. The molecule has 0 bridgehead atoms. The molecule has 2 aromatic heterocycles. The summed E-state index contributed by atoms with van der Waals surface area (Å²) >= 11 is 0. The molecule has 1 saturated carbocycles. The molecule has 0 spiro atoms. The summed E-state index contributed by atoms with van der Waals surface area (Å²) in [5.74, 6) is -0.310. The van der Waals surface area contributed by atoms with Crippen molar-refractivity contribution in [3.8, 4) is 22.5 Å².